The molecule has 0 aliphatic rings. The summed E-state index contributed by atoms with van der Waals surface area (Å²) in [5, 5.41) is 2.62. The van der Waals surface area contributed by atoms with Crippen LogP contribution in [0.1, 0.15) is 31.4 Å². The van der Waals surface area contributed by atoms with E-state index in [0.29, 0.717) is 5.56 Å². The summed E-state index contributed by atoms with van der Waals surface area (Å²) in [7, 11) is 0. The zero-order valence-electron chi connectivity index (χ0n) is 14.2. The number of alkyl halides is 6. The van der Waals surface area contributed by atoms with Gasteiger partial charge in [-0.2, -0.15) is 26.3 Å². The number of hydrogen-bond donors (Lipinski definition) is 2. The van der Waals surface area contributed by atoms with Gasteiger partial charge in [0.2, 0.25) is 5.91 Å². The average Bonchev–Trinajstić information content (AvgIpc) is 2.37. The molecule has 0 aliphatic heterocycles. The van der Waals surface area contributed by atoms with E-state index in [1.807, 2.05) is 0 Å². The highest BCUT2D eigenvalue weighted by atomic mass is 19.4. The number of amides is 1. The molecule has 0 saturated heterocycles. The minimum absolute atomic E-state index is 0.191. The Bertz CT molecular complexity index is 608. The molecule has 9 heteroatoms. The normalized spacial score (nSPS) is 13.1. The Kier molecular flexibility index (Phi) is 6.02. The fourth-order valence-corrected chi connectivity index (χ4v) is 2.26. The highest BCUT2D eigenvalue weighted by Gasteiger charge is 2.72. The molecule has 3 nitrogen and oxygen atoms in total. The molecule has 0 spiro atoms. The molecule has 0 aromatic heterocycles. The van der Waals surface area contributed by atoms with Gasteiger partial charge in [0.25, 0.3) is 0 Å². The summed E-state index contributed by atoms with van der Waals surface area (Å²) in [6.45, 7) is 6.06. The van der Waals surface area contributed by atoms with E-state index in [1.165, 1.54) is 38.2 Å². The zero-order valence-corrected chi connectivity index (χ0v) is 14.2. The molecule has 0 aliphatic carbocycles. The second kappa shape index (κ2) is 7.13. The Morgan fingerprint density at radius 2 is 1.56 bits per heavy atom. The van der Waals surface area contributed by atoms with Gasteiger partial charge in [0.1, 0.15) is 0 Å². The number of aryl methyl sites for hydroxylation is 2. The smallest absolute Gasteiger partial charge is 0.347 e. The second-order valence-electron chi connectivity index (χ2n) is 6.34. The molecule has 0 bridgehead atoms. The standard InChI is InChI=1S/C16H20F6N2O/c1-9(2)7-13(25)24-14(15(17,18)19,16(20,21)22)23-12-6-5-10(3)8-11(12)4/h5-6,8-9,23H,7H2,1-4H3,(H,24,25). The van der Waals surface area contributed by atoms with Crippen molar-refractivity contribution >= 4 is 11.6 Å². The van der Waals surface area contributed by atoms with Gasteiger partial charge in [-0.15, -0.1) is 0 Å². The minimum Gasteiger partial charge on any atom is -0.347 e. The van der Waals surface area contributed by atoms with Crippen molar-refractivity contribution in [3.63, 3.8) is 0 Å². The number of benzene rings is 1. The van der Waals surface area contributed by atoms with Crippen molar-refractivity contribution in [2.45, 2.75) is 52.1 Å². The van der Waals surface area contributed by atoms with E-state index in [9.17, 15) is 31.1 Å². The number of carbonyl (C=O) groups excluding carboxylic acids is 1. The molecule has 0 radical (unpaired) electrons. The Morgan fingerprint density at radius 3 is 1.96 bits per heavy atom. The lowest BCUT2D eigenvalue weighted by atomic mass is 10.0. The number of anilines is 1. The van der Waals surface area contributed by atoms with Crippen LogP contribution in [0.3, 0.4) is 0 Å². The van der Waals surface area contributed by atoms with E-state index in [1.54, 1.807) is 6.92 Å². The predicted octanol–water partition coefficient (Wildman–Crippen LogP) is 4.70. The zero-order chi connectivity index (χ0) is 19.6. The van der Waals surface area contributed by atoms with Crippen molar-refractivity contribution in [2.75, 3.05) is 5.32 Å². The van der Waals surface area contributed by atoms with Gasteiger partial charge in [0, 0.05) is 12.1 Å². The van der Waals surface area contributed by atoms with Crippen LogP contribution in [0.4, 0.5) is 32.0 Å². The third kappa shape index (κ3) is 4.79. The van der Waals surface area contributed by atoms with Crippen molar-refractivity contribution in [1.29, 1.82) is 0 Å². The molecule has 25 heavy (non-hydrogen) atoms. The lowest BCUT2D eigenvalue weighted by Gasteiger charge is -2.39. The van der Waals surface area contributed by atoms with Crippen LogP contribution in [0, 0.1) is 19.8 Å². The van der Waals surface area contributed by atoms with E-state index >= 15 is 0 Å². The van der Waals surface area contributed by atoms with Crippen LogP contribution >= 0.6 is 0 Å². The summed E-state index contributed by atoms with van der Waals surface area (Å²) in [5.74, 6) is -1.75. The summed E-state index contributed by atoms with van der Waals surface area (Å²) in [5.41, 5.74) is -4.08. The van der Waals surface area contributed by atoms with Crippen LogP contribution in [0.15, 0.2) is 18.2 Å². The number of hydrogen-bond acceptors (Lipinski definition) is 2. The van der Waals surface area contributed by atoms with Crippen LogP contribution in [0.2, 0.25) is 0 Å². The van der Waals surface area contributed by atoms with Gasteiger partial charge in [-0.1, -0.05) is 31.5 Å². The first kappa shape index (κ1) is 21.1. The van der Waals surface area contributed by atoms with Gasteiger partial charge < -0.3 is 10.6 Å². The SMILES string of the molecule is Cc1ccc(NC(NC(=O)CC(C)C)(C(F)(F)F)C(F)(F)F)c(C)c1. The van der Waals surface area contributed by atoms with Crippen molar-refractivity contribution in [3.05, 3.63) is 29.3 Å². The van der Waals surface area contributed by atoms with Crippen molar-refractivity contribution in [2.24, 2.45) is 5.92 Å². The van der Waals surface area contributed by atoms with Gasteiger partial charge in [-0.25, -0.2) is 0 Å². The molecular formula is C16H20F6N2O. The molecular weight excluding hydrogens is 350 g/mol. The first-order valence-corrected chi connectivity index (χ1v) is 7.49. The molecule has 142 valence electrons. The molecule has 2 N–H and O–H groups in total. The number of halogens is 6. The van der Waals surface area contributed by atoms with Crippen LogP contribution in [0.5, 0.6) is 0 Å². The summed E-state index contributed by atoms with van der Waals surface area (Å²) in [6, 6.07) is 3.93. The van der Waals surface area contributed by atoms with Crippen LogP contribution < -0.4 is 10.6 Å². The Hall–Kier alpha value is -1.93. The maximum Gasteiger partial charge on any atom is 0.439 e. The third-order valence-corrected chi connectivity index (χ3v) is 3.48. The minimum atomic E-state index is -5.81. The van der Waals surface area contributed by atoms with Gasteiger partial charge in [0.15, 0.2) is 0 Å². The van der Waals surface area contributed by atoms with Crippen LogP contribution in [-0.2, 0) is 4.79 Å². The summed E-state index contributed by atoms with van der Waals surface area (Å²) >= 11 is 0. The fraction of sp³-hybridized carbons (Fsp3) is 0.562. The molecule has 1 aromatic carbocycles. The van der Waals surface area contributed by atoms with Crippen molar-refractivity contribution in [1.82, 2.24) is 5.32 Å². The molecule has 1 amide bonds. The predicted molar refractivity (Wildman–Crippen MR) is 82.0 cm³/mol. The first-order valence-electron chi connectivity index (χ1n) is 7.49. The largest absolute Gasteiger partial charge is 0.439 e. The monoisotopic (exact) mass is 370 g/mol. The Labute approximate surface area is 141 Å². The summed E-state index contributed by atoms with van der Waals surface area (Å²) in [4.78, 5) is 11.7. The second-order valence-corrected chi connectivity index (χ2v) is 6.34. The maximum absolute atomic E-state index is 13.5. The van der Waals surface area contributed by atoms with E-state index in [-0.39, 0.29) is 11.3 Å². The van der Waals surface area contributed by atoms with Crippen molar-refractivity contribution in [3.8, 4) is 0 Å². The number of carbonyl (C=O) groups is 1. The number of nitrogens with one attached hydrogen (secondary N) is 2. The lowest BCUT2D eigenvalue weighted by Crippen LogP contribution is -2.72. The Balaban J connectivity index is 3.41. The lowest BCUT2D eigenvalue weighted by molar-refractivity contribution is -0.296. The van der Waals surface area contributed by atoms with Crippen LogP contribution in [0.25, 0.3) is 0 Å². The topological polar surface area (TPSA) is 41.1 Å². The molecule has 0 atom stereocenters. The summed E-state index contributed by atoms with van der Waals surface area (Å²) < 4.78 is 80.8. The highest BCUT2D eigenvalue weighted by molar-refractivity contribution is 5.78. The molecule has 0 heterocycles. The Morgan fingerprint density at radius 1 is 1.04 bits per heavy atom. The maximum atomic E-state index is 13.5. The van der Waals surface area contributed by atoms with E-state index < -0.39 is 36.3 Å². The molecule has 0 fully saturated rings. The van der Waals surface area contributed by atoms with E-state index in [2.05, 4.69) is 0 Å². The van der Waals surface area contributed by atoms with Gasteiger partial charge in [-0.3, -0.25) is 4.79 Å². The van der Waals surface area contributed by atoms with E-state index in [4.69, 9.17) is 0 Å². The van der Waals surface area contributed by atoms with E-state index in [0.717, 1.165) is 11.4 Å². The molecule has 1 aromatic rings. The van der Waals surface area contributed by atoms with Gasteiger partial charge >= 0.3 is 18.0 Å². The molecule has 0 saturated carbocycles. The summed E-state index contributed by atoms with van der Waals surface area (Å²) in [6.07, 6.45) is -12.1. The number of rotatable bonds is 5. The highest BCUT2D eigenvalue weighted by Crippen LogP contribution is 2.44. The van der Waals surface area contributed by atoms with Crippen LogP contribution in [-0.4, -0.2) is 23.9 Å². The molecule has 1 rings (SSSR count). The average molecular weight is 370 g/mol. The first-order chi connectivity index (χ1) is 11.2. The molecule has 0 unspecified atom stereocenters. The van der Waals surface area contributed by atoms with Gasteiger partial charge in [-0.05, 0) is 31.4 Å². The van der Waals surface area contributed by atoms with Crippen molar-refractivity contribution < 1.29 is 31.1 Å². The fourth-order valence-electron chi connectivity index (χ4n) is 2.26. The van der Waals surface area contributed by atoms with Gasteiger partial charge in [0.05, 0.1) is 0 Å². The quantitative estimate of drug-likeness (QED) is 0.583. The third-order valence-electron chi connectivity index (χ3n) is 3.48.